The smallest absolute Gasteiger partial charge is 0.256 e. The highest BCUT2D eigenvalue weighted by atomic mass is 19.1. The minimum absolute atomic E-state index is 0.0755. The van der Waals surface area contributed by atoms with Crippen LogP contribution in [0, 0.1) is 5.82 Å². The second kappa shape index (κ2) is 9.14. The number of ether oxygens (including phenoxy) is 1. The summed E-state index contributed by atoms with van der Waals surface area (Å²) in [5, 5.41) is 13.4. The molecule has 1 aromatic carbocycles. The molecule has 0 radical (unpaired) electrons. The summed E-state index contributed by atoms with van der Waals surface area (Å²) in [5.41, 5.74) is -1.19. The van der Waals surface area contributed by atoms with E-state index in [9.17, 15) is 19.1 Å². The molecule has 2 amide bonds. The van der Waals surface area contributed by atoms with Crippen molar-refractivity contribution in [2.45, 2.75) is 31.4 Å². The second-order valence-electron chi connectivity index (χ2n) is 6.98. The van der Waals surface area contributed by atoms with Gasteiger partial charge in [-0.1, -0.05) is 0 Å². The zero-order valence-corrected chi connectivity index (χ0v) is 16.1. The molecule has 1 aliphatic rings. The van der Waals surface area contributed by atoms with E-state index in [0.29, 0.717) is 37.2 Å². The standard InChI is InChI=1S/C19H28FN3O4/c1-21-17(24)7-10-22(2)13-19(26)8-4-9-23(18(19)25)12-14-11-15(27-3)5-6-16(14)20/h5-6,11,26H,4,7-10,12-13H2,1-3H3,(H,21,24). The Hall–Kier alpha value is -2.19. The van der Waals surface area contributed by atoms with Gasteiger partial charge in [-0.3, -0.25) is 9.59 Å². The fraction of sp³-hybridized carbons (Fsp3) is 0.579. The molecular formula is C19H28FN3O4. The molecule has 0 aliphatic carbocycles. The number of hydrogen-bond donors (Lipinski definition) is 2. The van der Waals surface area contributed by atoms with Crippen LogP contribution in [-0.4, -0.2) is 73.2 Å². The van der Waals surface area contributed by atoms with Crippen LogP contribution in [0.4, 0.5) is 4.39 Å². The Labute approximate surface area is 159 Å². The molecule has 0 aromatic heterocycles. The van der Waals surface area contributed by atoms with Crippen molar-refractivity contribution in [2.24, 2.45) is 0 Å². The molecule has 8 heteroatoms. The Bertz CT molecular complexity index is 685. The monoisotopic (exact) mass is 381 g/mol. The number of benzene rings is 1. The van der Waals surface area contributed by atoms with Crippen LogP contribution >= 0.6 is 0 Å². The minimum atomic E-state index is -1.54. The predicted octanol–water partition coefficient (Wildman–Crippen LogP) is 0.756. The summed E-state index contributed by atoms with van der Waals surface area (Å²) < 4.78 is 19.2. The highest BCUT2D eigenvalue weighted by molar-refractivity contribution is 5.86. The summed E-state index contributed by atoms with van der Waals surface area (Å²) in [6.07, 6.45) is 1.25. The van der Waals surface area contributed by atoms with Gasteiger partial charge in [0.25, 0.3) is 5.91 Å². The van der Waals surface area contributed by atoms with Gasteiger partial charge >= 0.3 is 0 Å². The predicted molar refractivity (Wildman–Crippen MR) is 98.7 cm³/mol. The fourth-order valence-corrected chi connectivity index (χ4v) is 3.31. The molecule has 150 valence electrons. The van der Waals surface area contributed by atoms with Crippen LogP contribution in [0.1, 0.15) is 24.8 Å². The third-order valence-electron chi connectivity index (χ3n) is 4.85. The summed E-state index contributed by atoms with van der Waals surface area (Å²) in [7, 11) is 4.82. The third-order valence-corrected chi connectivity index (χ3v) is 4.85. The highest BCUT2D eigenvalue weighted by Crippen LogP contribution is 2.26. The average molecular weight is 381 g/mol. The Kier molecular flexibility index (Phi) is 7.15. The van der Waals surface area contributed by atoms with E-state index in [4.69, 9.17) is 4.74 Å². The van der Waals surface area contributed by atoms with Crippen LogP contribution in [0.3, 0.4) is 0 Å². The molecule has 1 aliphatic heterocycles. The Morgan fingerprint density at radius 3 is 2.89 bits per heavy atom. The van der Waals surface area contributed by atoms with Gasteiger partial charge in [-0.25, -0.2) is 4.39 Å². The molecule has 0 spiro atoms. The van der Waals surface area contributed by atoms with E-state index in [2.05, 4.69) is 5.32 Å². The van der Waals surface area contributed by atoms with Gasteiger partial charge in [-0.2, -0.15) is 0 Å². The van der Waals surface area contributed by atoms with E-state index in [-0.39, 0.29) is 25.4 Å². The van der Waals surface area contributed by atoms with Gasteiger partial charge in [-0.05, 0) is 38.1 Å². The number of piperidine rings is 1. The van der Waals surface area contributed by atoms with Crippen LogP contribution in [0.2, 0.25) is 0 Å². The lowest BCUT2D eigenvalue weighted by Gasteiger charge is -2.40. The Balaban J connectivity index is 2.04. The van der Waals surface area contributed by atoms with E-state index >= 15 is 0 Å². The Morgan fingerprint density at radius 2 is 2.22 bits per heavy atom. The maximum Gasteiger partial charge on any atom is 0.256 e. The first kappa shape index (κ1) is 21.1. The average Bonchev–Trinajstić information content (AvgIpc) is 2.65. The first-order valence-corrected chi connectivity index (χ1v) is 9.02. The van der Waals surface area contributed by atoms with Crippen LogP contribution in [-0.2, 0) is 16.1 Å². The maximum atomic E-state index is 14.1. The molecule has 1 saturated heterocycles. The van der Waals surface area contributed by atoms with Gasteiger partial charge < -0.3 is 25.0 Å². The number of likely N-dealkylation sites (N-methyl/N-ethyl adjacent to an activating group) is 1. The highest BCUT2D eigenvalue weighted by Gasteiger charge is 2.43. The number of amides is 2. The van der Waals surface area contributed by atoms with Crippen LogP contribution in [0.25, 0.3) is 0 Å². The molecule has 7 nitrogen and oxygen atoms in total. The molecular weight excluding hydrogens is 353 g/mol. The topological polar surface area (TPSA) is 82.1 Å². The number of methoxy groups -OCH3 is 1. The summed E-state index contributed by atoms with van der Waals surface area (Å²) in [6, 6.07) is 4.39. The number of rotatable bonds is 8. The van der Waals surface area contributed by atoms with Crippen LogP contribution < -0.4 is 10.1 Å². The summed E-state index contributed by atoms with van der Waals surface area (Å²) >= 11 is 0. The number of nitrogens with zero attached hydrogens (tertiary/aromatic N) is 2. The van der Waals surface area contributed by atoms with E-state index < -0.39 is 17.3 Å². The number of halogens is 1. The Morgan fingerprint density at radius 1 is 1.48 bits per heavy atom. The second-order valence-corrected chi connectivity index (χ2v) is 6.98. The zero-order chi connectivity index (χ0) is 20.0. The van der Waals surface area contributed by atoms with Crippen molar-refractivity contribution < 1.29 is 23.8 Å². The first-order valence-electron chi connectivity index (χ1n) is 9.02. The normalized spacial score (nSPS) is 20.1. The van der Waals surface area contributed by atoms with Crippen molar-refractivity contribution in [3.05, 3.63) is 29.6 Å². The van der Waals surface area contributed by atoms with Gasteiger partial charge in [0.15, 0.2) is 5.60 Å². The molecule has 2 rings (SSSR count). The molecule has 0 bridgehead atoms. The van der Waals surface area contributed by atoms with Gasteiger partial charge in [0.05, 0.1) is 7.11 Å². The maximum absolute atomic E-state index is 14.1. The number of carbonyl (C=O) groups excluding carboxylic acids is 2. The quantitative estimate of drug-likeness (QED) is 0.695. The minimum Gasteiger partial charge on any atom is -0.497 e. The molecule has 1 aromatic rings. The van der Waals surface area contributed by atoms with Crippen LogP contribution in [0.5, 0.6) is 5.75 Å². The number of nitrogens with one attached hydrogen (secondary N) is 1. The van der Waals surface area contributed by atoms with Crippen molar-refractivity contribution in [3.63, 3.8) is 0 Å². The largest absolute Gasteiger partial charge is 0.497 e. The van der Waals surface area contributed by atoms with Gasteiger partial charge in [0.1, 0.15) is 11.6 Å². The lowest BCUT2D eigenvalue weighted by atomic mass is 9.90. The number of carbonyl (C=O) groups is 2. The molecule has 2 N–H and O–H groups in total. The third kappa shape index (κ3) is 5.40. The van der Waals surface area contributed by atoms with Gasteiger partial charge in [0.2, 0.25) is 5.91 Å². The van der Waals surface area contributed by atoms with E-state index in [1.165, 1.54) is 24.1 Å². The van der Waals surface area contributed by atoms with Gasteiger partial charge in [0, 0.05) is 45.2 Å². The molecule has 1 unspecified atom stereocenters. The molecule has 0 saturated carbocycles. The van der Waals surface area contributed by atoms with Crippen LogP contribution in [0.15, 0.2) is 18.2 Å². The van der Waals surface area contributed by atoms with E-state index in [1.54, 1.807) is 25.1 Å². The summed E-state index contributed by atoms with van der Waals surface area (Å²) in [6.45, 7) is 1.09. The van der Waals surface area contributed by atoms with Crippen molar-refractivity contribution in [3.8, 4) is 5.75 Å². The lowest BCUT2D eigenvalue weighted by molar-refractivity contribution is -0.159. The number of hydrogen-bond acceptors (Lipinski definition) is 5. The molecule has 1 heterocycles. The molecule has 1 fully saturated rings. The van der Waals surface area contributed by atoms with E-state index in [0.717, 1.165) is 0 Å². The lowest BCUT2D eigenvalue weighted by Crippen LogP contribution is -2.58. The molecule has 1 atom stereocenters. The van der Waals surface area contributed by atoms with Gasteiger partial charge in [-0.15, -0.1) is 0 Å². The zero-order valence-electron chi connectivity index (χ0n) is 16.1. The van der Waals surface area contributed by atoms with Crippen molar-refractivity contribution in [1.29, 1.82) is 0 Å². The van der Waals surface area contributed by atoms with Crippen molar-refractivity contribution in [2.75, 3.05) is 40.8 Å². The summed E-state index contributed by atoms with van der Waals surface area (Å²) in [4.78, 5) is 27.5. The number of aliphatic hydroxyl groups is 1. The first-order chi connectivity index (χ1) is 12.8. The fourth-order valence-electron chi connectivity index (χ4n) is 3.31. The van der Waals surface area contributed by atoms with E-state index in [1.807, 2.05) is 0 Å². The molecule has 27 heavy (non-hydrogen) atoms. The van der Waals surface area contributed by atoms with Crippen molar-refractivity contribution >= 4 is 11.8 Å². The SMILES string of the molecule is CNC(=O)CCN(C)CC1(O)CCCN(Cc2cc(OC)ccc2F)C1=O. The summed E-state index contributed by atoms with van der Waals surface area (Å²) in [5.74, 6) is -0.415. The number of likely N-dealkylation sites (tertiary alicyclic amines) is 1. The van der Waals surface area contributed by atoms with Crippen molar-refractivity contribution in [1.82, 2.24) is 15.1 Å².